The second-order valence-corrected chi connectivity index (χ2v) is 7.68. The van der Waals surface area contributed by atoms with Crippen molar-refractivity contribution in [3.05, 3.63) is 52.5 Å². The van der Waals surface area contributed by atoms with E-state index in [0.717, 1.165) is 19.6 Å². The van der Waals surface area contributed by atoms with Gasteiger partial charge in [-0.3, -0.25) is 14.5 Å². The van der Waals surface area contributed by atoms with Gasteiger partial charge in [-0.15, -0.1) is 11.3 Å². The highest BCUT2D eigenvalue weighted by atomic mass is 32.1. The number of hydrogen-bond donors (Lipinski definition) is 0. The summed E-state index contributed by atoms with van der Waals surface area (Å²) in [4.78, 5) is 35.1. The Labute approximate surface area is 157 Å². The predicted molar refractivity (Wildman–Crippen MR) is 99.9 cm³/mol. The minimum atomic E-state index is 0.0212. The fourth-order valence-electron chi connectivity index (χ4n) is 3.71. The van der Waals surface area contributed by atoms with Crippen LogP contribution in [0.3, 0.4) is 0 Å². The molecule has 2 aliphatic rings. The molecule has 26 heavy (non-hydrogen) atoms. The maximum atomic E-state index is 12.4. The largest absolute Gasteiger partial charge is 0.337 e. The van der Waals surface area contributed by atoms with E-state index in [1.54, 1.807) is 6.20 Å². The van der Waals surface area contributed by atoms with E-state index in [2.05, 4.69) is 22.0 Å². The fraction of sp³-hybridized carbons (Fsp3) is 0.421. The molecular formula is C19H22N4O2S. The summed E-state index contributed by atoms with van der Waals surface area (Å²) < 4.78 is 0. The number of amides is 2. The second kappa shape index (κ2) is 7.55. The Hall–Kier alpha value is -2.25. The van der Waals surface area contributed by atoms with Crippen LogP contribution in [0.4, 0.5) is 0 Å². The number of nitrogens with zero attached hydrogens (tertiary/aromatic N) is 4. The molecule has 0 spiro atoms. The van der Waals surface area contributed by atoms with Gasteiger partial charge in [0.1, 0.15) is 0 Å². The third-order valence-corrected chi connectivity index (χ3v) is 5.90. The molecule has 2 amide bonds. The van der Waals surface area contributed by atoms with Crippen molar-refractivity contribution in [2.45, 2.75) is 19.0 Å². The first kappa shape index (κ1) is 17.2. The molecule has 2 saturated heterocycles. The molecule has 1 atom stereocenters. The van der Waals surface area contributed by atoms with E-state index >= 15 is 0 Å². The molecule has 136 valence electrons. The summed E-state index contributed by atoms with van der Waals surface area (Å²) in [5.41, 5.74) is 1.17. The van der Waals surface area contributed by atoms with Gasteiger partial charge in [0, 0.05) is 63.3 Å². The number of aromatic nitrogens is 1. The average Bonchev–Trinajstić information content (AvgIpc) is 3.33. The van der Waals surface area contributed by atoms with Gasteiger partial charge in [0.25, 0.3) is 5.91 Å². The van der Waals surface area contributed by atoms with Crippen molar-refractivity contribution in [2.24, 2.45) is 0 Å². The van der Waals surface area contributed by atoms with Gasteiger partial charge < -0.3 is 9.80 Å². The number of benzene rings is 1. The number of thiazole rings is 1. The Morgan fingerprint density at radius 2 is 1.92 bits per heavy atom. The molecule has 1 aromatic heterocycles. The van der Waals surface area contributed by atoms with E-state index in [4.69, 9.17) is 0 Å². The van der Waals surface area contributed by atoms with E-state index in [0.29, 0.717) is 31.1 Å². The van der Waals surface area contributed by atoms with Gasteiger partial charge in [-0.2, -0.15) is 0 Å². The van der Waals surface area contributed by atoms with Gasteiger partial charge in [0.05, 0.1) is 0 Å². The molecule has 1 unspecified atom stereocenters. The molecule has 2 aliphatic heterocycles. The van der Waals surface area contributed by atoms with Gasteiger partial charge in [0.15, 0.2) is 5.01 Å². The number of likely N-dealkylation sites (tertiary alicyclic amines) is 1. The summed E-state index contributed by atoms with van der Waals surface area (Å²) in [6.07, 6.45) is 2.24. The predicted octanol–water partition coefficient (Wildman–Crippen LogP) is 1.70. The van der Waals surface area contributed by atoms with Crippen LogP contribution in [-0.2, 0) is 11.3 Å². The van der Waals surface area contributed by atoms with Crippen LogP contribution in [0, 0.1) is 0 Å². The Morgan fingerprint density at radius 1 is 1.15 bits per heavy atom. The Morgan fingerprint density at radius 3 is 2.62 bits per heavy atom. The standard InChI is InChI=1S/C19H22N4O2S/c24-17-12-16(14-23(17)13-15-4-2-1-3-5-15)21-7-9-22(10-8-21)19(25)18-20-6-11-26-18/h1-6,11,16H,7-10,12-14H2. The third-order valence-electron chi connectivity index (χ3n) is 5.14. The molecule has 1 aromatic carbocycles. The van der Waals surface area contributed by atoms with E-state index in [9.17, 15) is 9.59 Å². The Bertz CT molecular complexity index is 757. The molecule has 7 heteroatoms. The van der Waals surface area contributed by atoms with Gasteiger partial charge >= 0.3 is 0 Å². The minimum absolute atomic E-state index is 0.0212. The number of rotatable bonds is 4. The van der Waals surface area contributed by atoms with E-state index in [1.807, 2.05) is 33.4 Å². The highest BCUT2D eigenvalue weighted by Gasteiger charge is 2.35. The van der Waals surface area contributed by atoms with Crippen LogP contribution in [0.5, 0.6) is 0 Å². The first-order chi connectivity index (χ1) is 12.7. The summed E-state index contributed by atoms with van der Waals surface area (Å²) >= 11 is 1.38. The summed E-state index contributed by atoms with van der Waals surface area (Å²) in [5.74, 6) is 0.244. The molecule has 0 N–H and O–H groups in total. The van der Waals surface area contributed by atoms with Crippen molar-refractivity contribution < 1.29 is 9.59 Å². The zero-order chi connectivity index (χ0) is 17.9. The topological polar surface area (TPSA) is 56.8 Å². The van der Waals surface area contributed by atoms with Crippen molar-refractivity contribution >= 4 is 23.2 Å². The Balaban J connectivity index is 1.31. The van der Waals surface area contributed by atoms with E-state index in [-0.39, 0.29) is 17.9 Å². The Kier molecular flexibility index (Phi) is 4.99. The van der Waals surface area contributed by atoms with Crippen LogP contribution in [0.25, 0.3) is 0 Å². The van der Waals surface area contributed by atoms with Crippen molar-refractivity contribution in [1.29, 1.82) is 0 Å². The van der Waals surface area contributed by atoms with Gasteiger partial charge in [-0.1, -0.05) is 30.3 Å². The summed E-state index contributed by atoms with van der Waals surface area (Å²) in [7, 11) is 0. The van der Waals surface area contributed by atoms with Gasteiger partial charge in [0.2, 0.25) is 5.91 Å². The van der Waals surface area contributed by atoms with Crippen LogP contribution >= 0.6 is 11.3 Å². The lowest BCUT2D eigenvalue weighted by molar-refractivity contribution is -0.128. The van der Waals surface area contributed by atoms with Crippen LogP contribution in [-0.4, -0.2) is 70.3 Å². The molecule has 6 nitrogen and oxygen atoms in total. The maximum Gasteiger partial charge on any atom is 0.282 e. The molecule has 0 saturated carbocycles. The maximum absolute atomic E-state index is 12.4. The second-order valence-electron chi connectivity index (χ2n) is 6.78. The summed E-state index contributed by atoms with van der Waals surface area (Å²) in [6, 6.07) is 10.4. The quantitative estimate of drug-likeness (QED) is 0.822. The highest BCUT2D eigenvalue weighted by molar-refractivity contribution is 7.11. The van der Waals surface area contributed by atoms with Crippen molar-refractivity contribution in [1.82, 2.24) is 19.7 Å². The van der Waals surface area contributed by atoms with Gasteiger partial charge in [-0.05, 0) is 5.56 Å². The summed E-state index contributed by atoms with van der Waals surface area (Å²) in [5, 5.41) is 2.39. The number of hydrogen-bond acceptors (Lipinski definition) is 5. The molecule has 0 radical (unpaired) electrons. The van der Waals surface area contributed by atoms with Crippen LogP contribution in [0.1, 0.15) is 21.8 Å². The smallest absolute Gasteiger partial charge is 0.282 e. The van der Waals surface area contributed by atoms with Crippen molar-refractivity contribution in [2.75, 3.05) is 32.7 Å². The van der Waals surface area contributed by atoms with Crippen molar-refractivity contribution in [3.63, 3.8) is 0 Å². The molecule has 0 bridgehead atoms. The first-order valence-corrected chi connectivity index (χ1v) is 9.83. The van der Waals surface area contributed by atoms with E-state index < -0.39 is 0 Å². The molecular weight excluding hydrogens is 348 g/mol. The molecule has 0 aliphatic carbocycles. The van der Waals surface area contributed by atoms with Gasteiger partial charge in [-0.25, -0.2) is 4.98 Å². The molecule has 3 heterocycles. The number of carbonyl (C=O) groups is 2. The normalized spacial score (nSPS) is 21.4. The summed E-state index contributed by atoms with van der Waals surface area (Å²) in [6.45, 7) is 4.47. The van der Waals surface area contributed by atoms with Crippen LogP contribution in [0.2, 0.25) is 0 Å². The van der Waals surface area contributed by atoms with Crippen molar-refractivity contribution in [3.8, 4) is 0 Å². The molecule has 4 rings (SSSR count). The van der Waals surface area contributed by atoms with E-state index in [1.165, 1.54) is 16.9 Å². The van der Waals surface area contributed by atoms with Crippen LogP contribution in [0.15, 0.2) is 41.9 Å². The minimum Gasteiger partial charge on any atom is -0.337 e. The highest BCUT2D eigenvalue weighted by Crippen LogP contribution is 2.21. The fourth-order valence-corrected chi connectivity index (χ4v) is 4.31. The third kappa shape index (κ3) is 3.64. The SMILES string of the molecule is O=C1CC(N2CCN(C(=O)c3nccs3)CC2)CN1Cc1ccccc1. The average molecular weight is 370 g/mol. The zero-order valence-electron chi connectivity index (χ0n) is 14.6. The first-order valence-electron chi connectivity index (χ1n) is 8.95. The number of carbonyl (C=O) groups excluding carboxylic acids is 2. The van der Waals surface area contributed by atoms with Crippen LogP contribution < -0.4 is 0 Å². The monoisotopic (exact) mass is 370 g/mol. The lowest BCUT2D eigenvalue weighted by Crippen LogP contribution is -2.52. The molecule has 2 aromatic rings. The molecule has 2 fully saturated rings. The number of piperazine rings is 1. The lowest BCUT2D eigenvalue weighted by atomic mass is 10.2. The zero-order valence-corrected chi connectivity index (χ0v) is 15.4. The lowest BCUT2D eigenvalue weighted by Gasteiger charge is -2.37.